The average molecular weight is 207 g/mol. The molecule has 0 amide bonds. The Balaban J connectivity index is 2.81. The zero-order valence-corrected chi connectivity index (χ0v) is 8.92. The van der Waals surface area contributed by atoms with Gasteiger partial charge in [-0.2, -0.15) is 0 Å². The topological polar surface area (TPSA) is 35.9 Å². The summed E-state index contributed by atoms with van der Waals surface area (Å²) in [6.07, 6.45) is 0. The SMILES string of the molecule is Cn1c(=S)n(CCN)c2ccccc21. The predicted octanol–water partition coefficient (Wildman–Crippen LogP) is 1.67. The molecule has 14 heavy (non-hydrogen) atoms. The highest BCUT2D eigenvalue weighted by atomic mass is 32.1. The van der Waals surface area contributed by atoms with Crippen LogP contribution >= 0.6 is 12.2 Å². The average Bonchev–Trinajstić information content (AvgIpc) is 2.45. The Morgan fingerprint density at radius 1 is 1.29 bits per heavy atom. The number of hydrogen-bond donors (Lipinski definition) is 1. The molecule has 0 radical (unpaired) electrons. The third-order valence-electron chi connectivity index (χ3n) is 2.40. The van der Waals surface area contributed by atoms with Crippen molar-refractivity contribution in [1.29, 1.82) is 0 Å². The van der Waals surface area contributed by atoms with Crippen LogP contribution in [-0.2, 0) is 13.6 Å². The molecule has 1 heterocycles. The third kappa shape index (κ3) is 1.27. The van der Waals surface area contributed by atoms with Gasteiger partial charge in [0.05, 0.1) is 11.0 Å². The molecule has 1 aromatic heterocycles. The Bertz CT molecular complexity index is 510. The van der Waals surface area contributed by atoms with Gasteiger partial charge in [-0.05, 0) is 24.4 Å². The van der Waals surface area contributed by atoms with Gasteiger partial charge in [0.25, 0.3) is 0 Å². The lowest BCUT2D eigenvalue weighted by Gasteiger charge is -2.00. The van der Waals surface area contributed by atoms with Crippen molar-refractivity contribution in [2.45, 2.75) is 6.54 Å². The summed E-state index contributed by atoms with van der Waals surface area (Å²) >= 11 is 5.33. The Morgan fingerprint density at radius 2 is 1.93 bits per heavy atom. The molecule has 0 atom stereocenters. The number of fused-ring (bicyclic) bond motifs is 1. The van der Waals surface area contributed by atoms with Crippen LogP contribution in [0.5, 0.6) is 0 Å². The maximum absolute atomic E-state index is 5.55. The minimum atomic E-state index is 0.613. The van der Waals surface area contributed by atoms with Crippen LogP contribution in [0.3, 0.4) is 0 Å². The van der Waals surface area contributed by atoms with Gasteiger partial charge in [-0.1, -0.05) is 12.1 Å². The number of aryl methyl sites for hydroxylation is 1. The summed E-state index contributed by atoms with van der Waals surface area (Å²) in [5.74, 6) is 0. The summed E-state index contributed by atoms with van der Waals surface area (Å²) in [5.41, 5.74) is 7.87. The molecule has 0 saturated heterocycles. The number of rotatable bonds is 2. The first-order valence-corrected chi connectivity index (χ1v) is 5.01. The maximum Gasteiger partial charge on any atom is 0.180 e. The van der Waals surface area contributed by atoms with Gasteiger partial charge < -0.3 is 14.9 Å². The van der Waals surface area contributed by atoms with Crippen LogP contribution in [0.2, 0.25) is 0 Å². The van der Waals surface area contributed by atoms with Gasteiger partial charge in [-0.15, -0.1) is 0 Å². The Hall–Kier alpha value is -1.13. The van der Waals surface area contributed by atoms with E-state index in [1.807, 2.05) is 23.7 Å². The Labute approximate surface area is 87.8 Å². The van der Waals surface area contributed by atoms with Crippen molar-refractivity contribution >= 4 is 23.3 Å². The first-order valence-electron chi connectivity index (χ1n) is 4.60. The van der Waals surface area contributed by atoms with Crippen LogP contribution < -0.4 is 5.73 Å². The number of hydrogen-bond acceptors (Lipinski definition) is 2. The van der Waals surface area contributed by atoms with Gasteiger partial charge in [0.15, 0.2) is 4.77 Å². The lowest BCUT2D eigenvalue weighted by Crippen LogP contribution is -2.10. The highest BCUT2D eigenvalue weighted by Gasteiger charge is 2.05. The van der Waals surface area contributed by atoms with Crippen LogP contribution in [0.15, 0.2) is 24.3 Å². The Morgan fingerprint density at radius 3 is 2.57 bits per heavy atom. The molecule has 0 fully saturated rings. The molecule has 0 saturated carbocycles. The fourth-order valence-corrected chi connectivity index (χ4v) is 2.00. The maximum atomic E-state index is 5.55. The smallest absolute Gasteiger partial charge is 0.180 e. The van der Waals surface area contributed by atoms with E-state index in [-0.39, 0.29) is 0 Å². The predicted molar refractivity (Wildman–Crippen MR) is 60.8 cm³/mol. The van der Waals surface area contributed by atoms with Crippen LogP contribution in [0.1, 0.15) is 0 Å². The van der Waals surface area contributed by atoms with Crippen molar-refractivity contribution in [2.24, 2.45) is 12.8 Å². The molecule has 0 spiro atoms. The van der Waals surface area contributed by atoms with Crippen molar-refractivity contribution in [3.63, 3.8) is 0 Å². The number of imidazole rings is 1. The van der Waals surface area contributed by atoms with Crippen LogP contribution in [0.4, 0.5) is 0 Å². The molecule has 1 aromatic carbocycles. The van der Waals surface area contributed by atoms with Crippen molar-refractivity contribution in [3.8, 4) is 0 Å². The first kappa shape index (κ1) is 9.43. The summed E-state index contributed by atoms with van der Waals surface area (Å²) in [4.78, 5) is 0. The minimum absolute atomic E-state index is 0.613. The third-order valence-corrected chi connectivity index (χ3v) is 2.90. The highest BCUT2D eigenvalue weighted by molar-refractivity contribution is 7.71. The second-order valence-electron chi connectivity index (χ2n) is 3.27. The summed E-state index contributed by atoms with van der Waals surface area (Å²) in [5, 5.41) is 0. The van der Waals surface area contributed by atoms with Gasteiger partial charge in [0, 0.05) is 20.1 Å². The van der Waals surface area contributed by atoms with E-state index in [1.54, 1.807) is 0 Å². The molecule has 74 valence electrons. The van der Waals surface area contributed by atoms with Gasteiger partial charge in [0.1, 0.15) is 0 Å². The first-order chi connectivity index (χ1) is 6.75. The number of nitrogens with two attached hydrogens (primary N) is 1. The fraction of sp³-hybridized carbons (Fsp3) is 0.300. The van der Waals surface area contributed by atoms with E-state index in [2.05, 4.69) is 16.7 Å². The number of para-hydroxylation sites is 2. The van der Waals surface area contributed by atoms with E-state index in [1.165, 1.54) is 0 Å². The molecular formula is C10H13N3S. The molecular weight excluding hydrogens is 194 g/mol. The zero-order valence-electron chi connectivity index (χ0n) is 8.10. The molecule has 0 aliphatic heterocycles. The summed E-state index contributed by atoms with van der Waals surface area (Å²) in [6.45, 7) is 1.39. The monoisotopic (exact) mass is 207 g/mol. The van der Waals surface area contributed by atoms with Crippen LogP contribution in [0, 0.1) is 4.77 Å². The highest BCUT2D eigenvalue weighted by Crippen LogP contribution is 2.15. The minimum Gasteiger partial charge on any atom is -0.329 e. The van der Waals surface area contributed by atoms with Gasteiger partial charge in [-0.3, -0.25) is 0 Å². The van der Waals surface area contributed by atoms with Crippen molar-refractivity contribution in [3.05, 3.63) is 29.0 Å². The standard InChI is InChI=1S/C10H13N3S/c1-12-8-4-2-3-5-9(8)13(7-6-11)10(12)14/h2-5H,6-7,11H2,1H3. The molecule has 4 heteroatoms. The van der Waals surface area contributed by atoms with E-state index in [0.717, 1.165) is 22.3 Å². The Kier molecular flexibility index (Phi) is 2.39. The fourth-order valence-electron chi connectivity index (χ4n) is 1.71. The van der Waals surface area contributed by atoms with Crippen molar-refractivity contribution in [1.82, 2.24) is 9.13 Å². The van der Waals surface area contributed by atoms with E-state index in [4.69, 9.17) is 18.0 Å². The zero-order chi connectivity index (χ0) is 10.1. The van der Waals surface area contributed by atoms with Gasteiger partial charge in [0.2, 0.25) is 0 Å². The molecule has 2 aromatic rings. The molecule has 2 N–H and O–H groups in total. The lowest BCUT2D eigenvalue weighted by atomic mass is 10.3. The summed E-state index contributed by atoms with van der Waals surface area (Å²) in [7, 11) is 1.98. The van der Waals surface area contributed by atoms with Crippen molar-refractivity contribution < 1.29 is 0 Å². The van der Waals surface area contributed by atoms with E-state index in [0.29, 0.717) is 6.54 Å². The van der Waals surface area contributed by atoms with Gasteiger partial charge >= 0.3 is 0 Å². The van der Waals surface area contributed by atoms with Gasteiger partial charge in [-0.25, -0.2) is 0 Å². The summed E-state index contributed by atoms with van der Waals surface area (Å²) < 4.78 is 4.92. The largest absolute Gasteiger partial charge is 0.329 e. The lowest BCUT2D eigenvalue weighted by molar-refractivity contribution is 0.697. The summed E-state index contributed by atoms with van der Waals surface area (Å²) in [6, 6.07) is 8.17. The molecule has 0 bridgehead atoms. The quantitative estimate of drug-likeness (QED) is 0.760. The molecule has 0 aliphatic rings. The van der Waals surface area contributed by atoms with E-state index >= 15 is 0 Å². The van der Waals surface area contributed by atoms with Crippen molar-refractivity contribution in [2.75, 3.05) is 6.54 Å². The normalized spacial score (nSPS) is 11.0. The molecule has 0 unspecified atom stereocenters. The molecule has 2 rings (SSSR count). The van der Waals surface area contributed by atoms with E-state index in [9.17, 15) is 0 Å². The van der Waals surface area contributed by atoms with Crippen LogP contribution in [-0.4, -0.2) is 15.7 Å². The second-order valence-corrected chi connectivity index (χ2v) is 3.64. The van der Waals surface area contributed by atoms with E-state index < -0.39 is 0 Å². The number of aromatic nitrogens is 2. The number of benzene rings is 1. The van der Waals surface area contributed by atoms with Crippen LogP contribution in [0.25, 0.3) is 11.0 Å². The molecule has 3 nitrogen and oxygen atoms in total. The molecule has 0 aliphatic carbocycles. The second kappa shape index (κ2) is 3.55. The number of nitrogens with zero attached hydrogens (tertiary/aromatic N) is 2.